The van der Waals surface area contributed by atoms with Crippen LogP contribution in [-0.4, -0.2) is 32.1 Å². The van der Waals surface area contributed by atoms with Gasteiger partial charge in [-0.2, -0.15) is 0 Å². The van der Waals surface area contributed by atoms with E-state index in [9.17, 15) is 14.4 Å². The van der Waals surface area contributed by atoms with Gasteiger partial charge in [-0.3, -0.25) is 9.59 Å². The number of methoxy groups -OCH3 is 2. The van der Waals surface area contributed by atoms with Crippen LogP contribution in [-0.2, 0) is 14.3 Å². The van der Waals surface area contributed by atoms with E-state index in [2.05, 4.69) is 0 Å². The van der Waals surface area contributed by atoms with Gasteiger partial charge in [-0.15, -0.1) is 0 Å². The average Bonchev–Trinajstić information content (AvgIpc) is 2.53. The van der Waals surface area contributed by atoms with Gasteiger partial charge < -0.3 is 18.9 Å². The number of carbonyl (C=O) groups is 3. The molecule has 0 fully saturated rings. The molecule has 0 heterocycles. The number of hydrogen-bond acceptors (Lipinski definition) is 7. The zero-order chi connectivity index (χ0) is 17.9. The topological polar surface area (TPSA) is 88.1 Å². The fourth-order valence-electron chi connectivity index (χ4n) is 2.27. The van der Waals surface area contributed by atoms with E-state index in [1.165, 1.54) is 46.3 Å². The molecule has 7 heteroatoms. The van der Waals surface area contributed by atoms with Crippen LogP contribution in [0.4, 0.5) is 0 Å². The van der Waals surface area contributed by atoms with Crippen molar-refractivity contribution in [2.24, 2.45) is 0 Å². The molecule has 24 heavy (non-hydrogen) atoms. The van der Waals surface area contributed by atoms with Crippen LogP contribution in [0.3, 0.4) is 0 Å². The van der Waals surface area contributed by atoms with E-state index in [0.717, 1.165) is 0 Å². The van der Waals surface area contributed by atoms with Crippen LogP contribution in [0.5, 0.6) is 17.2 Å². The van der Waals surface area contributed by atoms with Gasteiger partial charge in [0.1, 0.15) is 17.2 Å². The van der Waals surface area contributed by atoms with Crippen LogP contribution in [0.1, 0.15) is 24.2 Å². The highest BCUT2D eigenvalue weighted by Crippen LogP contribution is 2.40. The summed E-state index contributed by atoms with van der Waals surface area (Å²) in [5, 5.41) is 0.780. The Morgan fingerprint density at radius 1 is 0.833 bits per heavy atom. The van der Waals surface area contributed by atoms with Crippen LogP contribution >= 0.6 is 0 Å². The summed E-state index contributed by atoms with van der Waals surface area (Å²) in [5.41, 5.74) is 0.142. The molecule has 0 atom stereocenters. The summed E-state index contributed by atoms with van der Waals surface area (Å²) >= 11 is 0. The number of ether oxygens (including phenoxy) is 4. The number of esters is 3. The second-order valence-electron chi connectivity index (χ2n) is 4.84. The SMILES string of the molecule is COC(=O)c1cc(OC(C)=O)c2c(OC)ccc(OC(C)=O)c2c1. The van der Waals surface area contributed by atoms with E-state index in [4.69, 9.17) is 18.9 Å². The molecule has 0 aliphatic rings. The number of carbonyl (C=O) groups excluding carboxylic acids is 3. The molecule has 2 aromatic rings. The van der Waals surface area contributed by atoms with Crippen molar-refractivity contribution in [2.45, 2.75) is 13.8 Å². The van der Waals surface area contributed by atoms with Crippen molar-refractivity contribution in [1.82, 2.24) is 0 Å². The first kappa shape index (κ1) is 17.3. The Morgan fingerprint density at radius 3 is 1.96 bits per heavy atom. The number of hydrogen-bond donors (Lipinski definition) is 0. The quantitative estimate of drug-likeness (QED) is 0.628. The molecular weight excluding hydrogens is 316 g/mol. The predicted octanol–water partition coefficient (Wildman–Crippen LogP) is 2.49. The Hall–Kier alpha value is -3.09. The second kappa shape index (κ2) is 6.99. The molecule has 126 valence electrons. The lowest BCUT2D eigenvalue weighted by atomic mass is 10.0. The highest BCUT2D eigenvalue weighted by Gasteiger charge is 2.19. The van der Waals surface area contributed by atoms with Crippen LogP contribution in [0.15, 0.2) is 24.3 Å². The molecule has 0 N–H and O–H groups in total. The Morgan fingerprint density at radius 2 is 1.42 bits per heavy atom. The largest absolute Gasteiger partial charge is 0.496 e. The van der Waals surface area contributed by atoms with Gasteiger partial charge in [0, 0.05) is 19.2 Å². The van der Waals surface area contributed by atoms with Crippen molar-refractivity contribution in [3.63, 3.8) is 0 Å². The van der Waals surface area contributed by atoms with Crippen molar-refractivity contribution in [3.05, 3.63) is 29.8 Å². The summed E-state index contributed by atoms with van der Waals surface area (Å²) in [7, 11) is 2.68. The van der Waals surface area contributed by atoms with Crippen molar-refractivity contribution < 1.29 is 33.3 Å². The minimum atomic E-state index is -0.623. The normalized spacial score (nSPS) is 10.2. The Kier molecular flexibility index (Phi) is 5.03. The molecule has 0 bridgehead atoms. The lowest BCUT2D eigenvalue weighted by Crippen LogP contribution is -2.07. The number of rotatable bonds is 4. The molecule has 0 amide bonds. The van der Waals surface area contributed by atoms with E-state index in [1.807, 2.05) is 0 Å². The zero-order valence-corrected chi connectivity index (χ0v) is 13.7. The summed E-state index contributed by atoms with van der Waals surface area (Å²) in [6.07, 6.45) is 0. The smallest absolute Gasteiger partial charge is 0.338 e. The van der Waals surface area contributed by atoms with Gasteiger partial charge in [-0.25, -0.2) is 4.79 Å². The monoisotopic (exact) mass is 332 g/mol. The van der Waals surface area contributed by atoms with E-state index >= 15 is 0 Å². The molecule has 7 nitrogen and oxygen atoms in total. The van der Waals surface area contributed by atoms with E-state index in [1.54, 1.807) is 6.07 Å². The van der Waals surface area contributed by atoms with Crippen LogP contribution in [0.25, 0.3) is 10.8 Å². The van der Waals surface area contributed by atoms with Crippen molar-refractivity contribution in [3.8, 4) is 17.2 Å². The van der Waals surface area contributed by atoms with Gasteiger partial charge in [0.05, 0.1) is 25.2 Å². The molecule has 0 aromatic heterocycles. The first-order chi connectivity index (χ1) is 11.4. The summed E-state index contributed by atoms with van der Waals surface area (Å²) in [4.78, 5) is 34.6. The minimum absolute atomic E-state index is 0.103. The molecule has 0 aliphatic heterocycles. The molecule has 2 rings (SSSR count). The molecule has 0 radical (unpaired) electrons. The highest BCUT2D eigenvalue weighted by molar-refractivity contribution is 6.04. The molecule has 2 aromatic carbocycles. The summed E-state index contributed by atoms with van der Waals surface area (Å²) in [5.74, 6) is -1.02. The summed E-state index contributed by atoms with van der Waals surface area (Å²) in [6.45, 7) is 2.49. The van der Waals surface area contributed by atoms with Crippen molar-refractivity contribution in [2.75, 3.05) is 14.2 Å². The summed E-state index contributed by atoms with van der Waals surface area (Å²) in [6, 6.07) is 5.96. The Labute approximate surface area is 138 Å². The third-order valence-corrected chi connectivity index (χ3v) is 3.15. The Balaban J connectivity index is 2.85. The maximum absolute atomic E-state index is 11.9. The molecule has 0 aliphatic carbocycles. The second-order valence-corrected chi connectivity index (χ2v) is 4.84. The fraction of sp³-hybridized carbons (Fsp3) is 0.235. The lowest BCUT2D eigenvalue weighted by Gasteiger charge is -2.14. The maximum Gasteiger partial charge on any atom is 0.338 e. The predicted molar refractivity (Wildman–Crippen MR) is 84.5 cm³/mol. The van der Waals surface area contributed by atoms with Gasteiger partial charge in [-0.05, 0) is 24.3 Å². The third kappa shape index (κ3) is 3.45. The van der Waals surface area contributed by atoms with E-state index in [0.29, 0.717) is 16.5 Å². The van der Waals surface area contributed by atoms with Crippen molar-refractivity contribution >= 4 is 28.7 Å². The highest BCUT2D eigenvalue weighted by atomic mass is 16.5. The molecule has 0 spiro atoms. The van der Waals surface area contributed by atoms with Crippen LogP contribution < -0.4 is 14.2 Å². The fourth-order valence-corrected chi connectivity index (χ4v) is 2.27. The van der Waals surface area contributed by atoms with Crippen LogP contribution in [0, 0.1) is 0 Å². The van der Waals surface area contributed by atoms with Gasteiger partial charge in [-0.1, -0.05) is 0 Å². The van der Waals surface area contributed by atoms with Crippen LogP contribution in [0.2, 0.25) is 0 Å². The zero-order valence-electron chi connectivity index (χ0n) is 13.7. The number of benzene rings is 2. The first-order valence-electron chi connectivity index (χ1n) is 6.97. The molecular formula is C17H16O7. The van der Waals surface area contributed by atoms with Gasteiger partial charge in [0.15, 0.2) is 0 Å². The molecule has 0 unspecified atom stereocenters. The lowest BCUT2D eigenvalue weighted by molar-refractivity contribution is -0.132. The molecule has 0 saturated carbocycles. The third-order valence-electron chi connectivity index (χ3n) is 3.15. The standard InChI is InChI=1S/C17H16O7/c1-9(18)23-13-5-6-14(21-3)16-12(13)7-11(17(20)22-4)8-15(16)24-10(2)19/h5-8H,1-4H3. The number of fused-ring (bicyclic) bond motifs is 1. The van der Waals surface area contributed by atoms with Gasteiger partial charge in [0.25, 0.3) is 0 Å². The molecule has 0 saturated heterocycles. The Bertz CT molecular complexity index is 823. The van der Waals surface area contributed by atoms with E-state index in [-0.39, 0.29) is 17.1 Å². The maximum atomic E-state index is 11.9. The van der Waals surface area contributed by atoms with Gasteiger partial charge >= 0.3 is 17.9 Å². The van der Waals surface area contributed by atoms with E-state index < -0.39 is 17.9 Å². The first-order valence-corrected chi connectivity index (χ1v) is 6.97. The average molecular weight is 332 g/mol. The minimum Gasteiger partial charge on any atom is -0.496 e. The van der Waals surface area contributed by atoms with Gasteiger partial charge in [0.2, 0.25) is 0 Å². The van der Waals surface area contributed by atoms with Crippen molar-refractivity contribution in [1.29, 1.82) is 0 Å². The summed E-state index contributed by atoms with van der Waals surface area (Å²) < 4.78 is 20.4.